The number of carbonyl (C=O) groups excluding carboxylic acids is 1. The van der Waals surface area contributed by atoms with Crippen molar-refractivity contribution in [2.45, 2.75) is 75.6 Å². The summed E-state index contributed by atoms with van der Waals surface area (Å²) in [6.07, 6.45) is -1.61. The van der Waals surface area contributed by atoms with Crippen molar-refractivity contribution >= 4 is 25.1 Å². The Morgan fingerprint density at radius 2 is 1.98 bits per heavy atom. The maximum atomic E-state index is 14.1. The molecule has 1 spiro atoms. The van der Waals surface area contributed by atoms with E-state index in [0.717, 1.165) is 12.8 Å². The van der Waals surface area contributed by atoms with Crippen LogP contribution in [0.3, 0.4) is 0 Å². The number of aliphatic hydroxyl groups is 2. The van der Waals surface area contributed by atoms with E-state index in [0.29, 0.717) is 5.52 Å². The van der Waals surface area contributed by atoms with Crippen molar-refractivity contribution in [3.05, 3.63) is 54.5 Å². The van der Waals surface area contributed by atoms with Crippen molar-refractivity contribution in [3.8, 4) is 11.8 Å². The van der Waals surface area contributed by atoms with Gasteiger partial charge in [0, 0.05) is 6.42 Å². The lowest BCUT2D eigenvalue weighted by atomic mass is 9.92. The number of hydrogen-bond acceptors (Lipinski definition) is 12. The van der Waals surface area contributed by atoms with Gasteiger partial charge in [-0.15, -0.1) is 0 Å². The van der Waals surface area contributed by atoms with Gasteiger partial charge in [0.1, 0.15) is 53.6 Å². The van der Waals surface area contributed by atoms with Gasteiger partial charge in [-0.05, 0) is 37.1 Å². The van der Waals surface area contributed by atoms with E-state index >= 15 is 0 Å². The Labute approximate surface area is 248 Å². The van der Waals surface area contributed by atoms with E-state index in [1.807, 2.05) is 19.9 Å². The molecule has 0 radical (unpaired) electrons. The van der Waals surface area contributed by atoms with Gasteiger partial charge in [0.15, 0.2) is 5.82 Å². The zero-order valence-corrected chi connectivity index (χ0v) is 24.9. The predicted octanol–water partition coefficient (Wildman–Crippen LogP) is 2.45. The number of ether oxygens (including phenoxy) is 2. The lowest BCUT2D eigenvalue weighted by Gasteiger charge is -2.25. The molecule has 1 aliphatic heterocycles. The number of hydrogen-bond donors (Lipinski definition) is 4. The molecule has 3 aromatic rings. The number of nitrogens with zero attached hydrogens (tertiary/aromatic N) is 4. The fraction of sp³-hybridized carbons (Fsp3) is 0.500. The molecule has 5 N–H and O–H groups in total. The van der Waals surface area contributed by atoms with Crippen LogP contribution >= 0.6 is 7.75 Å². The van der Waals surface area contributed by atoms with E-state index in [-0.39, 0.29) is 36.2 Å². The average molecular weight is 615 g/mol. The molecule has 2 fully saturated rings. The quantitative estimate of drug-likeness (QED) is 0.171. The molecular weight excluding hydrogens is 579 g/mol. The first-order valence-corrected chi connectivity index (χ1v) is 15.6. The van der Waals surface area contributed by atoms with Gasteiger partial charge in [-0.25, -0.2) is 14.1 Å². The summed E-state index contributed by atoms with van der Waals surface area (Å²) < 4.78 is 38.7. The second-order valence-corrected chi connectivity index (χ2v) is 12.5. The van der Waals surface area contributed by atoms with E-state index in [4.69, 9.17) is 24.3 Å². The van der Waals surface area contributed by atoms with Crippen LogP contribution in [0.15, 0.2) is 48.8 Å². The lowest BCUT2D eigenvalue weighted by Crippen LogP contribution is -2.41. The first-order chi connectivity index (χ1) is 20.5. The van der Waals surface area contributed by atoms with Crippen molar-refractivity contribution in [2.24, 2.45) is 5.92 Å². The molecule has 2 aliphatic rings. The smallest absolute Gasteiger partial charge is 0.459 e. The van der Waals surface area contributed by atoms with E-state index in [1.165, 1.54) is 23.8 Å². The molecule has 7 atom stereocenters. The van der Waals surface area contributed by atoms with E-state index in [1.54, 1.807) is 36.4 Å². The summed E-state index contributed by atoms with van der Waals surface area (Å²) >= 11 is 0. The van der Waals surface area contributed by atoms with Gasteiger partial charge in [0.25, 0.3) is 0 Å². The van der Waals surface area contributed by atoms with Gasteiger partial charge in [-0.2, -0.15) is 15.4 Å². The van der Waals surface area contributed by atoms with Crippen LogP contribution in [0.2, 0.25) is 0 Å². The Kier molecular flexibility index (Phi) is 8.50. The summed E-state index contributed by atoms with van der Waals surface area (Å²) in [4.78, 5) is 16.7. The van der Waals surface area contributed by atoms with Gasteiger partial charge in [-0.1, -0.05) is 44.9 Å². The van der Waals surface area contributed by atoms with Crippen LogP contribution < -0.4 is 15.3 Å². The number of fused-ring (bicyclic) bond motifs is 1. The molecule has 43 heavy (non-hydrogen) atoms. The fourth-order valence-electron chi connectivity index (χ4n) is 5.28. The Balaban J connectivity index is 1.39. The van der Waals surface area contributed by atoms with Crippen molar-refractivity contribution in [1.29, 1.82) is 5.26 Å². The lowest BCUT2D eigenvalue weighted by molar-refractivity contribution is -0.146. The van der Waals surface area contributed by atoms with Crippen molar-refractivity contribution in [3.63, 3.8) is 0 Å². The van der Waals surface area contributed by atoms with Crippen LogP contribution in [-0.2, 0) is 29.0 Å². The summed E-state index contributed by atoms with van der Waals surface area (Å²) in [5, 5.41) is 39.4. The van der Waals surface area contributed by atoms with Crippen molar-refractivity contribution in [1.82, 2.24) is 19.7 Å². The topological polar surface area (TPSA) is 204 Å². The Bertz CT molecular complexity index is 1560. The minimum atomic E-state index is -4.34. The number of nitrogens with one attached hydrogen (secondary N) is 1. The minimum absolute atomic E-state index is 0.0353. The van der Waals surface area contributed by atoms with Crippen LogP contribution in [0, 0.1) is 17.2 Å². The highest BCUT2D eigenvalue weighted by Gasteiger charge is 2.76. The summed E-state index contributed by atoms with van der Waals surface area (Å²) in [5.74, 6) is -0.112. The van der Waals surface area contributed by atoms with E-state index in [2.05, 4.69) is 15.2 Å². The number of nitriles is 1. The van der Waals surface area contributed by atoms with E-state index in [9.17, 15) is 24.8 Å². The number of aliphatic hydroxyl groups excluding tert-OH is 2. The number of carbonyl (C=O) groups is 1. The molecule has 1 saturated carbocycles. The van der Waals surface area contributed by atoms with Crippen LogP contribution in [0.5, 0.6) is 5.75 Å². The Hall–Kier alpha value is -3.57. The summed E-state index contributed by atoms with van der Waals surface area (Å²) in [5.41, 5.74) is 2.73. The standard InChI is InChI=1S/C28H35N6O8P/c1-4-18(5-2)14-39-26(37)17(3)33-43(38,40-19-9-7-6-8-10-19)41-22-13-27(22)23(35)24(36)28(15-29,42-27)21-12-11-20-25(30)31-16-32-34(20)21/h6-12,16-18,22-24,35-36H,4-5,13-14H2,1-3H3,(H,33,38)(H2,30,31,32)/t17-,22?,23-,24+,27+,28-,43+/m0/s1. The largest absolute Gasteiger partial charge is 0.464 e. The van der Waals surface area contributed by atoms with Crippen LogP contribution in [0.25, 0.3) is 5.52 Å². The van der Waals surface area contributed by atoms with Gasteiger partial charge in [0.05, 0.1) is 12.3 Å². The predicted molar refractivity (Wildman–Crippen MR) is 152 cm³/mol. The highest BCUT2D eigenvalue weighted by molar-refractivity contribution is 7.52. The number of aromatic nitrogens is 3. The van der Waals surface area contributed by atoms with E-state index < -0.39 is 49.3 Å². The molecule has 0 amide bonds. The summed E-state index contributed by atoms with van der Waals surface area (Å²) in [6.45, 7) is 5.70. The zero-order chi connectivity index (χ0) is 31.0. The monoisotopic (exact) mass is 614 g/mol. The average Bonchev–Trinajstić information content (AvgIpc) is 3.37. The normalized spacial score (nSPS) is 28.4. The minimum Gasteiger partial charge on any atom is -0.464 e. The number of rotatable bonds is 12. The van der Waals surface area contributed by atoms with Gasteiger partial charge in [-0.3, -0.25) is 9.32 Å². The number of benzene rings is 1. The molecule has 1 aromatic carbocycles. The van der Waals surface area contributed by atoms with Crippen molar-refractivity contribution < 1.29 is 38.1 Å². The molecule has 2 aromatic heterocycles. The molecule has 5 rings (SSSR count). The molecule has 15 heteroatoms. The van der Waals surface area contributed by atoms with Gasteiger partial charge >= 0.3 is 13.7 Å². The number of anilines is 1. The zero-order valence-electron chi connectivity index (χ0n) is 24.0. The maximum Gasteiger partial charge on any atom is 0.459 e. The van der Waals surface area contributed by atoms with Crippen LogP contribution in [0.1, 0.15) is 45.7 Å². The Morgan fingerprint density at radius 1 is 1.26 bits per heavy atom. The number of para-hydroxylation sites is 1. The van der Waals surface area contributed by atoms with Crippen molar-refractivity contribution in [2.75, 3.05) is 12.3 Å². The molecule has 1 aliphatic carbocycles. The Morgan fingerprint density at radius 3 is 2.65 bits per heavy atom. The summed E-state index contributed by atoms with van der Waals surface area (Å²) in [7, 11) is -4.34. The fourth-order valence-corrected chi connectivity index (χ4v) is 7.00. The summed E-state index contributed by atoms with van der Waals surface area (Å²) in [6, 6.07) is 12.2. The van der Waals surface area contributed by atoms with Gasteiger partial charge < -0.3 is 29.9 Å². The molecule has 230 valence electrons. The second kappa shape index (κ2) is 11.8. The number of esters is 1. The number of nitrogen functional groups attached to an aromatic ring is 1. The molecule has 1 saturated heterocycles. The number of nitrogens with two attached hydrogens (primary N) is 1. The third-order valence-electron chi connectivity index (χ3n) is 8.04. The second-order valence-electron chi connectivity index (χ2n) is 10.8. The van der Waals surface area contributed by atoms with Crippen LogP contribution in [0.4, 0.5) is 5.82 Å². The third kappa shape index (κ3) is 5.60. The first kappa shape index (κ1) is 30.9. The van der Waals surface area contributed by atoms with Crippen LogP contribution in [-0.4, -0.2) is 67.3 Å². The molecule has 1 unspecified atom stereocenters. The molecule has 3 heterocycles. The highest BCUT2D eigenvalue weighted by Crippen LogP contribution is 2.62. The van der Waals surface area contributed by atoms with Gasteiger partial charge in [0.2, 0.25) is 5.60 Å². The SMILES string of the molecule is CCC(CC)COC(=O)[C@H](C)N[P@@](=O)(Oc1ccccc1)OC1C[C@@]12O[C@@](C#N)(c1ccc3c(N)ncnn13)[C@H](O)[C@@H]2O. The maximum absolute atomic E-state index is 14.1. The molecular formula is C28H35N6O8P. The molecule has 0 bridgehead atoms. The highest BCUT2D eigenvalue weighted by atomic mass is 31.2. The third-order valence-corrected chi connectivity index (χ3v) is 9.73. The molecule has 14 nitrogen and oxygen atoms in total. The first-order valence-electron chi connectivity index (χ1n) is 14.1.